The van der Waals surface area contributed by atoms with Gasteiger partial charge >= 0.3 is 0 Å². The van der Waals surface area contributed by atoms with Gasteiger partial charge < -0.3 is 26.0 Å². The maximum Gasteiger partial charge on any atom is 0.264 e. The van der Waals surface area contributed by atoms with Gasteiger partial charge in [-0.2, -0.15) is 15.3 Å². The predicted octanol–water partition coefficient (Wildman–Crippen LogP) is 12.4. The quantitative estimate of drug-likeness (QED) is 0.0582. The number of aryl methyl sites for hydroxylation is 3. The molecule has 0 saturated carbocycles. The van der Waals surface area contributed by atoms with Crippen molar-refractivity contribution < 1.29 is 23.9 Å². The molecule has 1 fully saturated rings. The van der Waals surface area contributed by atoms with Gasteiger partial charge in [-0.1, -0.05) is 134 Å². The van der Waals surface area contributed by atoms with Gasteiger partial charge in [-0.3, -0.25) is 47.3 Å². The second kappa shape index (κ2) is 33.2. The standard InChI is InChI=1S/C33H30N6O4.C30H29N5O2Si.C27H21N5O2/c1-21(36-32(41)28-22(2)37-38-18-9-17-34-30(28)38)26-20-24-11-6-10-23(12-7-16-35-31(40)27-15-8-19-43-27)29(24)33(42)39(26)25-13-4-3-5-14-25;1-20(32-29(36)26-21(2)33-34-17-10-16-31-28(26)34)25-19-23-12-9-11-22(15-18-38(3,4)5)27(23)30(37)35(25)24-13-7-6-8-14-24;1-4-19-10-8-11-20-16-22(32(27(34)24(19)20)21-12-6-5-7-13-21)17(2)29-26(33)23-18(3)30-31-15-9-14-28-25(23)31/h3-6,9-11,13-14,17-18,20-21,27H,8,15-16,19H2,1-2H3,(H,35,40)(H,36,41);6-14,16-17,19-20H,1-5H3,(H,32,36);1,5-17H,2-3H3,(H,29,33)/t21-,27-;20-;17-/m000/s1. The summed E-state index contributed by atoms with van der Waals surface area (Å²) in [6.07, 6.45) is 17.0. The van der Waals surface area contributed by atoms with E-state index in [-0.39, 0.29) is 46.9 Å². The molecular weight excluding hydrogens is 1460 g/mol. The van der Waals surface area contributed by atoms with Crippen molar-refractivity contribution in [1.82, 2.24) is 78.8 Å². The average Bonchev–Trinajstić information content (AvgIpc) is 1.73. The molecule has 10 heterocycles. The Balaban J connectivity index is 0.000000143. The van der Waals surface area contributed by atoms with Gasteiger partial charge in [0.15, 0.2) is 16.9 Å². The molecule has 4 N–H and O–H groups in total. The van der Waals surface area contributed by atoms with Crippen molar-refractivity contribution in [3.63, 3.8) is 0 Å². The minimum atomic E-state index is -1.65. The van der Waals surface area contributed by atoms with E-state index in [4.69, 9.17) is 11.2 Å². The lowest BCUT2D eigenvalue weighted by molar-refractivity contribution is -0.129. The number of hydrogen-bond acceptors (Lipinski definition) is 14. The molecule has 4 amide bonds. The van der Waals surface area contributed by atoms with Crippen LogP contribution in [0, 0.1) is 56.4 Å². The van der Waals surface area contributed by atoms with E-state index in [9.17, 15) is 33.6 Å². The Morgan fingerprint density at radius 2 is 0.843 bits per heavy atom. The molecule has 25 heteroatoms. The zero-order chi connectivity index (χ0) is 80.8. The van der Waals surface area contributed by atoms with Crippen LogP contribution in [0.2, 0.25) is 19.6 Å². The van der Waals surface area contributed by atoms with Crippen LogP contribution in [-0.4, -0.2) is 108 Å². The van der Waals surface area contributed by atoms with E-state index < -0.39 is 32.3 Å². The van der Waals surface area contributed by atoms with Crippen molar-refractivity contribution in [2.24, 2.45) is 0 Å². The van der Waals surface area contributed by atoms with E-state index in [0.717, 1.165) is 28.4 Å². The number of ether oxygens (including phenoxy) is 1. The first kappa shape index (κ1) is 77.3. The minimum absolute atomic E-state index is 0.140. The number of benzene rings is 6. The molecule has 9 aromatic heterocycles. The van der Waals surface area contributed by atoms with E-state index in [1.807, 2.05) is 172 Å². The van der Waals surface area contributed by atoms with Gasteiger partial charge in [-0.25, -0.2) is 28.5 Å². The number of nitrogens with one attached hydrogen (secondary N) is 4. The highest BCUT2D eigenvalue weighted by Crippen LogP contribution is 2.29. The number of rotatable bonds is 14. The Morgan fingerprint density at radius 3 is 1.19 bits per heavy atom. The topological polar surface area (TPSA) is 282 Å². The summed E-state index contributed by atoms with van der Waals surface area (Å²) in [5.74, 6) is 10.8. The summed E-state index contributed by atoms with van der Waals surface area (Å²) in [6.45, 7) is 18.1. The van der Waals surface area contributed by atoms with Crippen LogP contribution in [0.4, 0.5) is 0 Å². The fourth-order valence-corrected chi connectivity index (χ4v) is 14.7. The minimum Gasteiger partial charge on any atom is -0.368 e. The van der Waals surface area contributed by atoms with E-state index >= 15 is 0 Å². The molecule has 0 radical (unpaired) electrons. The van der Waals surface area contributed by atoms with Crippen LogP contribution in [0.1, 0.15) is 134 Å². The number of fused-ring (bicyclic) bond motifs is 6. The zero-order valence-electron chi connectivity index (χ0n) is 64.6. The third-order valence-corrected chi connectivity index (χ3v) is 20.4. The van der Waals surface area contributed by atoms with Gasteiger partial charge in [0, 0.05) is 94.6 Å². The highest BCUT2D eigenvalue weighted by molar-refractivity contribution is 6.83. The molecule has 1 aliphatic heterocycles. The van der Waals surface area contributed by atoms with E-state index in [1.165, 1.54) is 0 Å². The molecule has 4 atom stereocenters. The molecule has 1 saturated heterocycles. The SMILES string of the molecule is C#Cc1cccc2cc([C@H](C)NC(=O)c3c(C)nn4cccnc34)n(-c3ccccc3)c(=O)c12.Cc1nn2cccnc2c1C(=O)N[C@@H](C)c1cc2cccc(C#CCNC(=O)[C@@H]3CCCO3)c2c(=O)n1-c1ccccc1.Cc1nn2cccnc2c1C(=O)N[C@@H](C)c1cc2cccc(C#C[Si](C)(C)C)c2c(=O)n1-c1ccccc1. The summed E-state index contributed by atoms with van der Waals surface area (Å²) in [5, 5.41) is 28.8. The number of pyridine rings is 3. The second-order valence-corrected chi connectivity index (χ2v) is 33.5. The number of aromatic nitrogens is 12. The lowest BCUT2D eigenvalue weighted by Crippen LogP contribution is -2.34. The number of para-hydroxylation sites is 3. The molecule has 0 spiro atoms. The Kier molecular flexibility index (Phi) is 22.3. The van der Waals surface area contributed by atoms with Crippen LogP contribution < -0.4 is 37.9 Å². The average molecular weight is 1540 g/mol. The van der Waals surface area contributed by atoms with Gasteiger partial charge in [-0.05, 0) is 162 Å². The van der Waals surface area contributed by atoms with Crippen molar-refractivity contribution in [2.75, 3.05) is 13.2 Å². The van der Waals surface area contributed by atoms with Gasteiger partial charge in [-0.15, -0.1) is 12.0 Å². The molecule has 0 unspecified atom stereocenters. The van der Waals surface area contributed by atoms with Crippen LogP contribution in [-0.2, 0) is 9.53 Å². The third kappa shape index (κ3) is 16.1. The summed E-state index contributed by atoms with van der Waals surface area (Å²) in [6, 6.07) is 54.2. The summed E-state index contributed by atoms with van der Waals surface area (Å²) < 4.78 is 15.0. The summed E-state index contributed by atoms with van der Waals surface area (Å²) >= 11 is 0. The molecule has 0 aliphatic carbocycles. The summed E-state index contributed by atoms with van der Waals surface area (Å²) in [7, 11) is -1.65. The molecule has 572 valence electrons. The summed E-state index contributed by atoms with van der Waals surface area (Å²) in [5.41, 5.74) is 12.8. The molecule has 0 bridgehead atoms. The van der Waals surface area contributed by atoms with Crippen LogP contribution in [0.25, 0.3) is 66.3 Å². The molecule has 6 aromatic carbocycles. The zero-order valence-corrected chi connectivity index (χ0v) is 65.6. The van der Waals surface area contributed by atoms with E-state index in [1.54, 1.807) is 116 Å². The van der Waals surface area contributed by atoms with Crippen LogP contribution in [0.15, 0.2) is 234 Å². The number of terminal acetylenes is 1. The molecule has 115 heavy (non-hydrogen) atoms. The van der Waals surface area contributed by atoms with Crippen molar-refractivity contribution >= 4 is 81.0 Å². The molecule has 16 rings (SSSR count). The first-order valence-corrected chi connectivity index (χ1v) is 41.0. The van der Waals surface area contributed by atoms with E-state index in [2.05, 4.69) is 100 Å². The van der Waals surface area contributed by atoms with Gasteiger partial charge in [0.25, 0.3) is 34.4 Å². The van der Waals surface area contributed by atoms with Crippen molar-refractivity contribution in [3.05, 3.63) is 318 Å². The molecule has 24 nitrogen and oxygen atoms in total. The highest BCUT2D eigenvalue weighted by atomic mass is 28.3. The van der Waals surface area contributed by atoms with Gasteiger partial charge in [0.05, 0.1) is 57.9 Å². The van der Waals surface area contributed by atoms with Crippen LogP contribution >= 0.6 is 0 Å². The first-order chi connectivity index (χ1) is 55.5. The maximum absolute atomic E-state index is 14.2. The maximum atomic E-state index is 14.2. The monoisotopic (exact) mass is 1540 g/mol. The predicted molar refractivity (Wildman–Crippen MR) is 446 cm³/mol. The van der Waals surface area contributed by atoms with Crippen molar-refractivity contribution in [3.8, 4) is 52.7 Å². The Bertz CT molecular complexity index is 6700. The van der Waals surface area contributed by atoms with Crippen LogP contribution in [0.5, 0.6) is 0 Å². The fourth-order valence-electron chi connectivity index (χ4n) is 14.2. The lowest BCUT2D eigenvalue weighted by atomic mass is 10.0. The second-order valence-electron chi connectivity index (χ2n) is 28.7. The number of carbonyl (C=O) groups excluding carboxylic acids is 4. The number of nitrogens with zero attached hydrogens (tertiary/aromatic N) is 12. The Labute approximate surface area is 661 Å². The van der Waals surface area contributed by atoms with Crippen molar-refractivity contribution in [2.45, 2.75) is 98.3 Å². The number of carbonyl (C=O) groups is 4. The molecule has 1 aliphatic rings. The normalized spacial score (nSPS) is 13.2. The van der Waals surface area contributed by atoms with Gasteiger partial charge in [0.2, 0.25) is 5.91 Å². The number of hydrogen-bond donors (Lipinski definition) is 4. The first-order valence-electron chi connectivity index (χ1n) is 37.5. The van der Waals surface area contributed by atoms with Crippen LogP contribution in [0.3, 0.4) is 0 Å². The lowest BCUT2D eigenvalue weighted by Gasteiger charge is -2.21. The Morgan fingerprint density at radius 1 is 0.487 bits per heavy atom. The summed E-state index contributed by atoms with van der Waals surface area (Å²) in [4.78, 5) is 108. The smallest absolute Gasteiger partial charge is 0.264 e. The fraction of sp³-hybridized carbons (Fsp3) is 0.189. The van der Waals surface area contributed by atoms with E-state index in [0.29, 0.717) is 125 Å². The molecular formula is C90H80N16O8Si. The number of amides is 4. The largest absolute Gasteiger partial charge is 0.368 e. The van der Waals surface area contributed by atoms with Gasteiger partial charge in [0.1, 0.15) is 30.9 Å². The highest BCUT2D eigenvalue weighted by Gasteiger charge is 2.29. The third-order valence-electron chi connectivity index (χ3n) is 19.6. The molecule has 15 aromatic rings. The van der Waals surface area contributed by atoms with Crippen molar-refractivity contribution in [1.29, 1.82) is 0 Å². The Hall–Kier alpha value is -14.5.